The lowest BCUT2D eigenvalue weighted by molar-refractivity contribution is -0.147. The minimum Gasteiger partial charge on any atom is -0.479 e. The Kier molecular flexibility index (Phi) is 8.52. The van der Waals surface area contributed by atoms with Crippen molar-refractivity contribution in [2.24, 2.45) is 0 Å². The Labute approximate surface area is 95.9 Å². The fraction of sp³-hybridized carbons (Fsp3) is 0.818. The molecule has 1 atom stereocenters. The molecule has 5 nitrogen and oxygen atoms in total. The molecule has 1 amide bonds. The van der Waals surface area contributed by atoms with Crippen molar-refractivity contribution in [3.63, 3.8) is 0 Å². The maximum absolute atomic E-state index is 11.2. The van der Waals surface area contributed by atoms with Crippen LogP contribution in [0.2, 0.25) is 0 Å². The molecule has 0 radical (unpaired) electrons. The van der Waals surface area contributed by atoms with E-state index in [9.17, 15) is 9.59 Å². The van der Waals surface area contributed by atoms with E-state index in [1.54, 1.807) is 0 Å². The SMILES string of the molecule is CCCCCCC(=O)NCCC(O)C(=O)O. The molecule has 0 aromatic carbocycles. The maximum atomic E-state index is 11.2. The highest BCUT2D eigenvalue weighted by molar-refractivity contribution is 5.76. The van der Waals surface area contributed by atoms with E-state index in [1.807, 2.05) is 0 Å². The van der Waals surface area contributed by atoms with Crippen LogP contribution in [0.15, 0.2) is 0 Å². The van der Waals surface area contributed by atoms with Crippen LogP contribution in [0.4, 0.5) is 0 Å². The molecule has 0 bridgehead atoms. The van der Waals surface area contributed by atoms with Gasteiger partial charge in [0.1, 0.15) is 0 Å². The van der Waals surface area contributed by atoms with Gasteiger partial charge in [-0.05, 0) is 6.42 Å². The van der Waals surface area contributed by atoms with Crippen LogP contribution in [-0.2, 0) is 9.59 Å². The fourth-order valence-corrected chi connectivity index (χ4v) is 1.27. The zero-order valence-electron chi connectivity index (χ0n) is 9.74. The molecule has 0 aliphatic carbocycles. The number of carboxylic acids is 1. The summed E-state index contributed by atoms with van der Waals surface area (Å²) in [4.78, 5) is 21.5. The van der Waals surface area contributed by atoms with Crippen LogP contribution in [-0.4, -0.2) is 34.7 Å². The molecule has 16 heavy (non-hydrogen) atoms. The number of nitrogens with one attached hydrogen (secondary N) is 1. The van der Waals surface area contributed by atoms with Gasteiger partial charge in [0, 0.05) is 19.4 Å². The smallest absolute Gasteiger partial charge is 0.332 e. The summed E-state index contributed by atoms with van der Waals surface area (Å²) in [5.74, 6) is -1.33. The van der Waals surface area contributed by atoms with E-state index in [4.69, 9.17) is 10.2 Å². The number of carbonyl (C=O) groups is 2. The summed E-state index contributed by atoms with van der Waals surface area (Å²) < 4.78 is 0. The van der Waals surface area contributed by atoms with Crippen LogP contribution in [0.3, 0.4) is 0 Å². The lowest BCUT2D eigenvalue weighted by Crippen LogP contribution is -2.29. The predicted octanol–water partition coefficient (Wildman–Crippen LogP) is 0.909. The molecule has 0 aliphatic rings. The monoisotopic (exact) mass is 231 g/mol. The van der Waals surface area contributed by atoms with Gasteiger partial charge in [0.25, 0.3) is 0 Å². The number of amides is 1. The van der Waals surface area contributed by atoms with E-state index in [1.165, 1.54) is 0 Å². The maximum Gasteiger partial charge on any atom is 0.332 e. The Hall–Kier alpha value is -1.10. The lowest BCUT2D eigenvalue weighted by atomic mass is 10.1. The highest BCUT2D eigenvalue weighted by atomic mass is 16.4. The van der Waals surface area contributed by atoms with Crippen molar-refractivity contribution in [1.29, 1.82) is 0 Å². The highest BCUT2D eigenvalue weighted by Crippen LogP contribution is 2.02. The number of aliphatic hydroxyl groups is 1. The van der Waals surface area contributed by atoms with E-state index in [0.29, 0.717) is 6.42 Å². The molecule has 0 fully saturated rings. The summed E-state index contributed by atoms with van der Waals surface area (Å²) in [7, 11) is 0. The molecule has 0 spiro atoms. The minimum absolute atomic E-state index is 0.0516. The molecule has 0 saturated heterocycles. The number of rotatable bonds is 9. The van der Waals surface area contributed by atoms with Gasteiger partial charge in [-0.15, -0.1) is 0 Å². The molecule has 3 N–H and O–H groups in total. The molecule has 0 rings (SSSR count). The number of aliphatic hydroxyl groups excluding tert-OH is 1. The number of carbonyl (C=O) groups excluding carboxylic acids is 1. The van der Waals surface area contributed by atoms with Gasteiger partial charge in [0.15, 0.2) is 6.10 Å². The molecular formula is C11H21NO4. The fourth-order valence-electron chi connectivity index (χ4n) is 1.27. The summed E-state index contributed by atoms with van der Waals surface area (Å²) in [6.07, 6.45) is 3.31. The number of carboxylic acid groups (broad SMARTS) is 1. The van der Waals surface area contributed by atoms with E-state index in [0.717, 1.165) is 25.7 Å². The summed E-state index contributed by atoms with van der Waals surface area (Å²) in [5, 5.41) is 19.9. The van der Waals surface area contributed by atoms with Crippen LogP contribution in [0.25, 0.3) is 0 Å². The minimum atomic E-state index is -1.39. The Morgan fingerprint density at radius 2 is 1.94 bits per heavy atom. The van der Waals surface area contributed by atoms with Crippen LogP contribution < -0.4 is 5.32 Å². The van der Waals surface area contributed by atoms with Crippen molar-refractivity contribution in [3.05, 3.63) is 0 Å². The van der Waals surface area contributed by atoms with Gasteiger partial charge >= 0.3 is 5.97 Å². The summed E-state index contributed by atoms with van der Waals surface area (Å²) in [6.45, 7) is 2.31. The van der Waals surface area contributed by atoms with Crippen LogP contribution in [0.1, 0.15) is 45.4 Å². The molecule has 0 aromatic rings. The predicted molar refractivity (Wildman–Crippen MR) is 60.0 cm³/mol. The summed E-state index contributed by atoms with van der Waals surface area (Å²) in [6, 6.07) is 0. The second kappa shape index (κ2) is 9.15. The average Bonchev–Trinajstić information content (AvgIpc) is 2.24. The quantitative estimate of drug-likeness (QED) is 0.515. The molecular weight excluding hydrogens is 210 g/mol. The second-order valence-electron chi connectivity index (χ2n) is 3.80. The Balaban J connectivity index is 3.40. The largest absolute Gasteiger partial charge is 0.479 e. The Bertz CT molecular complexity index is 218. The molecule has 0 heterocycles. The molecule has 94 valence electrons. The zero-order chi connectivity index (χ0) is 12.4. The van der Waals surface area contributed by atoms with Crippen molar-refractivity contribution >= 4 is 11.9 Å². The molecule has 5 heteroatoms. The first-order valence-electron chi connectivity index (χ1n) is 5.75. The van der Waals surface area contributed by atoms with Crippen molar-refractivity contribution in [2.45, 2.75) is 51.6 Å². The third-order valence-electron chi connectivity index (χ3n) is 2.28. The van der Waals surface area contributed by atoms with Crippen LogP contribution >= 0.6 is 0 Å². The number of unbranched alkanes of at least 4 members (excludes halogenated alkanes) is 3. The van der Waals surface area contributed by atoms with Crippen molar-refractivity contribution in [1.82, 2.24) is 5.32 Å². The molecule has 1 unspecified atom stereocenters. The van der Waals surface area contributed by atoms with Crippen molar-refractivity contribution in [2.75, 3.05) is 6.54 Å². The average molecular weight is 231 g/mol. The first kappa shape index (κ1) is 14.9. The first-order chi connectivity index (χ1) is 7.57. The highest BCUT2D eigenvalue weighted by Gasteiger charge is 2.12. The van der Waals surface area contributed by atoms with Gasteiger partial charge in [-0.3, -0.25) is 4.79 Å². The van der Waals surface area contributed by atoms with E-state index in [2.05, 4.69) is 12.2 Å². The second-order valence-corrected chi connectivity index (χ2v) is 3.80. The van der Waals surface area contributed by atoms with Gasteiger partial charge in [-0.25, -0.2) is 4.79 Å². The van der Waals surface area contributed by atoms with E-state index < -0.39 is 12.1 Å². The van der Waals surface area contributed by atoms with Gasteiger partial charge in [0.2, 0.25) is 5.91 Å². The van der Waals surface area contributed by atoms with E-state index >= 15 is 0 Å². The zero-order valence-corrected chi connectivity index (χ0v) is 9.74. The van der Waals surface area contributed by atoms with Gasteiger partial charge in [-0.1, -0.05) is 26.2 Å². The normalized spacial score (nSPS) is 12.1. The Morgan fingerprint density at radius 1 is 1.25 bits per heavy atom. The third-order valence-corrected chi connectivity index (χ3v) is 2.28. The third kappa shape index (κ3) is 8.23. The molecule has 0 aliphatic heterocycles. The van der Waals surface area contributed by atoms with Crippen molar-refractivity contribution < 1.29 is 19.8 Å². The number of hydrogen-bond donors (Lipinski definition) is 3. The van der Waals surface area contributed by atoms with Crippen LogP contribution in [0.5, 0.6) is 0 Å². The Morgan fingerprint density at radius 3 is 2.50 bits per heavy atom. The van der Waals surface area contributed by atoms with E-state index in [-0.39, 0.29) is 18.9 Å². The topological polar surface area (TPSA) is 86.6 Å². The standard InChI is InChI=1S/C11H21NO4/c1-2-3-4-5-6-10(14)12-8-7-9(13)11(15)16/h9,13H,2-8H2,1H3,(H,12,14)(H,15,16). The molecule has 0 aromatic heterocycles. The van der Waals surface area contributed by atoms with Gasteiger partial charge in [0.05, 0.1) is 0 Å². The van der Waals surface area contributed by atoms with Crippen LogP contribution in [0, 0.1) is 0 Å². The van der Waals surface area contributed by atoms with Crippen molar-refractivity contribution in [3.8, 4) is 0 Å². The number of aliphatic carboxylic acids is 1. The van der Waals surface area contributed by atoms with Gasteiger partial charge < -0.3 is 15.5 Å². The summed E-state index contributed by atoms with van der Waals surface area (Å²) in [5.41, 5.74) is 0. The first-order valence-corrected chi connectivity index (χ1v) is 5.75. The number of hydrogen-bond acceptors (Lipinski definition) is 3. The van der Waals surface area contributed by atoms with Gasteiger partial charge in [-0.2, -0.15) is 0 Å². The molecule has 0 saturated carbocycles. The summed E-state index contributed by atoms with van der Waals surface area (Å²) >= 11 is 0. The lowest BCUT2D eigenvalue weighted by Gasteiger charge is -2.07.